The third-order valence-electron chi connectivity index (χ3n) is 4.76. The van der Waals surface area contributed by atoms with E-state index in [4.69, 9.17) is 20.8 Å². The number of ether oxygens (including phenoxy) is 1. The second-order valence-electron chi connectivity index (χ2n) is 7.81. The topological polar surface area (TPSA) is 35.5 Å². The third-order valence-corrected chi connectivity index (χ3v) is 9.36. The van der Waals surface area contributed by atoms with Crippen LogP contribution in [-0.2, 0) is 0 Å². The van der Waals surface area contributed by atoms with Gasteiger partial charge in [0.1, 0.15) is 5.75 Å². The van der Waals surface area contributed by atoms with E-state index in [1.54, 1.807) is 37.4 Å². The SMILES string of the molecule is COc1cc(C#CC(=O)c2ccc(Cl)cc2)ccc1O[Si](C)(C)C(C)(C)C. The molecule has 142 valence electrons. The summed E-state index contributed by atoms with van der Waals surface area (Å²) in [6.07, 6.45) is 0. The average Bonchev–Trinajstić information content (AvgIpc) is 2.60. The molecule has 0 bridgehead atoms. The summed E-state index contributed by atoms with van der Waals surface area (Å²) >= 11 is 5.84. The van der Waals surface area contributed by atoms with Crippen LogP contribution in [0.1, 0.15) is 36.7 Å². The van der Waals surface area contributed by atoms with Gasteiger partial charge in [-0.15, -0.1) is 0 Å². The minimum atomic E-state index is -1.98. The summed E-state index contributed by atoms with van der Waals surface area (Å²) in [4.78, 5) is 12.2. The Hall–Kier alpha value is -2.22. The average molecular weight is 401 g/mol. The van der Waals surface area contributed by atoms with Crippen molar-refractivity contribution in [1.82, 2.24) is 0 Å². The summed E-state index contributed by atoms with van der Waals surface area (Å²) in [5.41, 5.74) is 1.20. The third kappa shape index (κ3) is 5.38. The number of carbonyl (C=O) groups excluding carboxylic acids is 1. The van der Waals surface area contributed by atoms with Gasteiger partial charge in [-0.05, 0) is 66.5 Å². The van der Waals surface area contributed by atoms with Crippen LogP contribution in [0.4, 0.5) is 0 Å². The maximum absolute atomic E-state index is 12.2. The Morgan fingerprint density at radius 3 is 2.22 bits per heavy atom. The van der Waals surface area contributed by atoms with Crippen LogP contribution in [-0.4, -0.2) is 21.2 Å². The van der Waals surface area contributed by atoms with E-state index in [0.29, 0.717) is 27.6 Å². The zero-order chi connectivity index (χ0) is 20.2. The normalized spacial score (nSPS) is 11.4. The van der Waals surface area contributed by atoms with Gasteiger partial charge in [0.15, 0.2) is 5.75 Å². The molecule has 2 aromatic rings. The van der Waals surface area contributed by atoms with Gasteiger partial charge in [0.05, 0.1) is 7.11 Å². The smallest absolute Gasteiger partial charge is 0.250 e. The van der Waals surface area contributed by atoms with Gasteiger partial charge in [-0.3, -0.25) is 4.79 Å². The van der Waals surface area contributed by atoms with Crippen LogP contribution in [0.3, 0.4) is 0 Å². The van der Waals surface area contributed by atoms with Crippen LogP contribution in [0, 0.1) is 11.8 Å². The van der Waals surface area contributed by atoms with Crippen molar-refractivity contribution in [1.29, 1.82) is 0 Å². The highest BCUT2D eigenvalue weighted by atomic mass is 35.5. The first-order valence-electron chi connectivity index (χ1n) is 8.72. The highest BCUT2D eigenvalue weighted by Crippen LogP contribution is 2.40. The first kappa shape index (κ1) is 21.1. The fourth-order valence-corrected chi connectivity index (χ4v) is 3.21. The van der Waals surface area contributed by atoms with E-state index in [2.05, 4.69) is 45.7 Å². The second kappa shape index (κ2) is 8.20. The minimum absolute atomic E-state index is 0.0848. The number of benzene rings is 2. The maximum Gasteiger partial charge on any atom is 0.250 e. The molecule has 0 unspecified atom stereocenters. The Kier molecular flexibility index (Phi) is 6.41. The molecule has 0 aliphatic carbocycles. The fourth-order valence-electron chi connectivity index (χ4n) is 2.06. The van der Waals surface area contributed by atoms with Crippen molar-refractivity contribution < 1.29 is 14.0 Å². The molecular formula is C22H25ClO3Si. The number of hydrogen-bond acceptors (Lipinski definition) is 3. The Balaban J connectivity index is 2.24. The molecule has 2 rings (SSSR count). The number of rotatable bonds is 4. The lowest BCUT2D eigenvalue weighted by molar-refractivity contribution is 0.105. The predicted molar refractivity (Wildman–Crippen MR) is 113 cm³/mol. The molecule has 0 amide bonds. The molecule has 0 saturated heterocycles. The van der Waals surface area contributed by atoms with Crippen LogP contribution in [0.5, 0.6) is 11.5 Å². The van der Waals surface area contributed by atoms with Crippen LogP contribution in [0.15, 0.2) is 42.5 Å². The van der Waals surface area contributed by atoms with Crippen molar-refractivity contribution in [3.8, 4) is 23.3 Å². The van der Waals surface area contributed by atoms with Gasteiger partial charge in [0, 0.05) is 16.1 Å². The van der Waals surface area contributed by atoms with Crippen LogP contribution >= 0.6 is 11.6 Å². The molecular weight excluding hydrogens is 376 g/mol. The number of Topliss-reactive ketones (excluding diaryl/α,β-unsaturated/α-hetero) is 1. The number of methoxy groups -OCH3 is 1. The van der Waals surface area contributed by atoms with Crippen molar-refractivity contribution in [2.75, 3.05) is 7.11 Å². The molecule has 0 radical (unpaired) electrons. The van der Waals surface area contributed by atoms with Crippen LogP contribution in [0.25, 0.3) is 0 Å². The van der Waals surface area contributed by atoms with Gasteiger partial charge in [-0.1, -0.05) is 38.3 Å². The second-order valence-corrected chi connectivity index (χ2v) is 13.0. The van der Waals surface area contributed by atoms with Crippen LogP contribution in [0.2, 0.25) is 23.2 Å². The fraction of sp³-hybridized carbons (Fsp3) is 0.318. The molecule has 0 saturated carbocycles. The van der Waals surface area contributed by atoms with E-state index in [-0.39, 0.29) is 10.8 Å². The number of ketones is 1. The Morgan fingerprint density at radius 1 is 1.04 bits per heavy atom. The molecule has 0 aliphatic heterocycles. The molecule has 0 atom stereocenters. The zero-order valence-corrected chi connectivity index (χ0v) is 18.4. The molecule has 27 heavy (non-hydrogen) atoms. The van der Waals surface area contributed by atoms with Gasteiger partial charge < -0.3 is 9.16 Å². The molecule has 0 fully saturated rings. The predicted octanol–water partition coefficient (Wildman–Crippen LogP) is 5.97. The van der Waals surface area contributed by atoms with E-state index in [0.717, 1.165) is 0 Å². The monoisotopic (exact) mass is 400 g/mol. The van der Waals surface area contributed by atoms with Gasteiger partial charge in [-0.25, -0.2) is 0 Å². The highest BCUT2D eigenvalue weighted by molar-refractivity contribution is 6.74. The number of halogens is 1. The molecule has 3 nitrogen and oxygen atoms in total. The molecule has 0 aliphatic rings. The lowest BCUT2D eigenvalue weighted by Crippen LogP contribution is -2.43. The van der Waals surface area contributed by atoms with E-state index in [1.807, 2.05) is 12.1 Å². The molecule has 0 spiro atoms. The van der Waals surface area contributed by atoms with Gasteiger partial charge in [0.25, 0.3) is 8.32 Å². The Bertz CT molecular complexity index is 884. The van der Waals surface area contributed by atoms with Crippen LogP contribution < -0.4 is 9.16 Å². The van der Waals surface area contributed by atoms with Gasteiger partial charge in [0.2, 0.25) is 5.78 Å². The first-order chi connectivity index (χ1) is 12.5. The van der Waals surface area contributed by atoms with Crippen molar-refractivity contribution in [3.63, 3.8) is 0 Å². The van der Waals surface area contributed by atoms with Gasteiger partial charge in [-0.2, -0.15) is 0 Å². The maximum atomic E-state index is 12.2. The lowest BCUT2D eigenvalue weighted by Gasteiger charge is -2.36. The van der Waals surface area contributed by atoms with E-state index in [1.165, 1.54) is 0 Å². The number of carbonyl (C=O) groups is 1. The van der Waals surface area contributed by atoms with E-state index >= 15 is 0 Å². The van der Waals surface area contributed by atoms with Crippen molar-refractivity contribution >= 4 is 25.7 Å². The Morgan fingerprint density at radius 2 is 1.67 bits per heavy atom. The van der Waals surface area contributed by atoms with Crippen molar-refractivity contribution in [3.05, 3.63) is 58.6 Å². The first-order valence-corrected chi connectivity index (χ1v) is 12.0. The van der Waals surface area contributed by atoms with E-state index < -0.39 is 8.32 Å². The quantitative estimate of drug-likeness (QED) is 0.360. The van der Waals surface area contributed by atoms with Gasteiger partial charge >= 0.3 is 0 Å². The van der Waals surface area contributed by atoms with Crippen molar-refractivity contribution in [2.45, 2.75) is 38.9 Å². The highest BCUT2D eigenvalue weighted by Gasteiger charge is 2.39. The summed E-state index contributed by atoms with van der Waals surface area (Å²) < 4.78 is 11.8. The standard InChI is InChI=1S/C22H25ClO3Si/c1-22(2,3)27(5,6)26-20-14-8-16(15-21(20)25-4)7-13-19(24)17-9-11-18(23)12-10-17/h8-12,14-15H,1-6H3. The van der Waals surface area contributed by atoms with Crippen molar-refractivity contribution in [2.24, 2.45) is 0 Å². The zero-order valence-electron chi connectivity index (χ0n) is 16.6. The molecule has 5 heteroatoms. The molecule has 2 aromatic carbocycles. The summed E-state index contributed by atoms with van der Waals surface area (Å²) in [7, 11) is -0.376. The van der Waals surface area contributed by atoms with E-state index in [9.17, 15) is 4.79 Å². The number of hydrogen-bond donors (Lipinski definition) is 0. The summed E-state index contributed by atoms with van der Waals surface area (Å²) in [5, 5.41) is 0.670. The lowest BCUT2D eigenvalue weighted by atomic mass is 10.1. The largest absolute Gasteiger partial charge is 0.541 e. The molecule has 0 N–H and O–H groups in total. The minimum Gasteiger partial charge on any atom is -0.541 e. The Labute approximate surface area is 167 Å². The summed E-state index contributed by atoms with van der Waals surface area (Å²) in [5.74, 6) is 6.62. The summed E-state index contributed by atoms with van der Waals surface area (Å²) in [6, 6.07) is 12.2. The molecule has 0 heterocycles. The summed E-state index contributed by atoms with van der Waals surface area (Å²) in [6.45, 7) is 10.9. The molecule has 0 aromatic heterocycles.